The van der Waals surface area contributed by atoms with E-state index in [4.69, 9.17) is 4.74 Å². The molecule has 0 aliphatic carbocycles. The summed E-state index contributed by atoms with van der Waals surface area (Å²) < 4.78 is 5.89. The summed E-state index contributed by atoms with van der Waals surface area (Å²) in [6, 6.07) is 7.00. The van der Waals surface area contributed by atoms with Crippen molar-refractivity contribution in [3.63, 3.8) is 0 Å². The first-order chi connectivity index (χ1) is 9.15. The molecule has 0 bridgehead atoms. The van der Waals surface area contributed by atoms with Crippen LogP contribution in [0.3, 0.4) is 0 Å². The third-order valence-corrected chi connectivity index (χ3v) is 3.67. The van der Waals surface area contributed by atoms with E-state index in [0.717, 1.165) is 45.0 Å². The Labute approximate surface area is 116 Å². The predicted molar refractivity (Wildman–Crippen MR) is 79.9 cm³/mol. The van der Waals surface area contributed by atoms with Gasteiger partial charge in [-0.2, -0.15) is 0 Å². The van der Waals surface area contributed by atoms with Crippen LogP contribution in [0.15, 0.2) is 18.2 Å². The van der Waals surface area contributed by atoms with Crippen LogP contribution in [0.25, 0.3) is 0 Å². The van der Waals surface area contributed by atoms with Gasteiger partial charge in [-0.15, -0.1) is 0 Å². The molecule has 1 atom stereocenters. The Bertz CT molecular complexity index is 406. The minimum Gasteiger partial charge on any atom is -0.493 e. The summed E-state index contributed by atoms with van der Waals surface area (Å²) in [5.74, 6) is 1.04. The largest absolute Gasteiger partial charge is 0.493 e. The molecule has 1 fully saturated rings. The van der Waals surface area contributed by atoms with Crippen LogP contribution in [-0.2, 0) is 0 Å². The van der Waals surface area contributed by atoms with Crippen molar-refractivity contribution in [3.05, 3.63) is 29.3 Å². The number of nitrogens with zero attached hydrogens (tertiary/aromatic N) is 1. The fourth-order valence-corrected chi connectivity index (χ4v) is 2.55. The van der Waals surface area contributed by atoms with E-state index in [1.807, 2.05) is 0 Å². The lowest BCUT2D eigenvalue weighted by molar-refractivity contribution is 0.189. The summed E-state index contributed by atoms with van der Waals surface area (Å²) in [7, 11) is 0. The highest BCUT2D eigenvalue weighted by Crippen LogP contribution is 2.19. The van der Waals surface area contributed by atoms with Crippen LogP contribution in [0.2, 0.25) is 0 Å². The van der Waals surface area contributed by atoms with Crippen LogP contribution in [0, 0.1) is 13.8 Å². The summed E-state index contributed by atoms with van der Waals surface area (Å²) in [6.45, 7) is 11.8. The van der Waals surface area contributed by atoms with Gasteiger partial charge in [-0.3, -0.25) is 0 Å². The highest BCUT2D eigenvalue weighted by molar-refractivity contribution is 5.35. The van der Waals surface area contributed by atoms with Crippen molar-refractivity contribution in [2.24, 2.45) is 0 Å². The van der Waals surface area contributed by atoms with Gasteiger partial charge in [-0.1, -0.05) is 12.1 Å². The molecule has 3 heteroatoms. The van der Waals surface area contributed by atoms with Gasteiger partial charge in [0, 0.05) is 32.2 Å². The maximum Gasteiger partial charge on any atom is 0.122 e. The number of ether oxygens (including phenoxy) is 1. The van der Waals surface area contributed by atoms with Crippen molar-refractivity contribution in [3.8, 4) is 5.75 Å². The fourth-order valence-electron chi connectivity index (χ4n) is 2.55. The first-order valence-electron chi connectivity index (χ1n) is 7.31. The Balaban J connectivity index is 1.70. The molecule has 1 saturated heterocycles. The van der Waals surface area contributed by atoms with Crippen molar-refractivity contribution >= 4 is 0 Å². The summed E-state index contributed by atoms with van der Waals surface area (Å²) >= 11 is 0. The zero-order chi connectivity index (χ0) is 13.7. The minimum absolute atomic E-state index is 0.619. The van der Waals surface area contributed by atoms with Gasteiger partial charge in [0.05, 0.1) is 6.61 Å². The summed E-state index contributed by atoms with van der Waals surface area (Å²) in [4.78, 5) is 2.52. The lowest BCUT2D eigenvalue weighted by atomic mass is 10.1. The molecule has 3 nitrogen and oxygen atoms in total. The van der Waals surface area contributed by atoms with Gasteiger partial charge < -0.3 is 15.0 Å². The van der Waals surface area contributed by atoms with Crippen molar-refractivity contribution in [2.75, 3.05) is 32.8 Å². The SMILES string of the molecule is Cc1ccc(C)c(OCCCN2CCNC(C)C2)c1. The maximum absolute atomic E-state index is 5.89. The highest BCUT2D eigenvalue weighted by Gasteiger charge is 2.14. The summed E-state index contributed by atoms with van der Waals surface area (Å²) in [5, 5.41) is 3.47. The van der Waals surface area contributed by atoms with Crippen molar-refractivity contribution in [2.45, 2.75) is 33.2 Å². The highest BCUT2D eigenvalue weighted by atomic mass is 16.5. The van der Waals surface area contributed by atoms with Crippen LogP contribution >= 0.6 is 0 Å². The number of hydrogen-bond acceptors (Lipinski definition) is 3. The number of rotatable bonds is 5. The molecule has 0 amide bonds. The quantitative estimate of drug-likeness (QED) is 0.825. The first-order valence-corrected chi connectivity index (χ1v) is 7.31. The Kier molecular flexibility index (Phi) is 5.23. The molecule has 106 valence electrons. The van der Waals surface area contributed by atoms with Crippen molar-refractivity contribution < 1.29 is 4.74 Å². The van der Waals surface area contributed by atoms with Crippen LogP contribution in [0.5, 0.6) is 5.75 Å². The van der Waals surface area contributed by atoms with Gasteiger partial charge in [0.2, 0.25) is 0 Å². The Morgan fingerprint density at radius 2 is 2.21 bits per heavy atom. The smallest absolute Gasteiger partial charge is 0.122 e. The molecule has 1 aliphatic rings. The molecule has 0 aromatic heterocycles. The molecular weight excluding hydrogens is 236 g/mol. The van der Waals surface area contributed by atoms with E-state index in [9.17, 15) is 0 Å². The molecule has 1 heterocycles. The van der Waals surface area contributed by atoms with E-state index in [-0.39, 0.29) is 0 Å². The third kappa shape index (κ3) is 4.51. The molecule has 2 rings (SSSR count). The Morgan fingerprint density at radius 3 is 3.00 bits per heavy atom. The molecule has 0 spiro atoms. The molecule has 1 aromatic carbocycles. The fraction of sp³-hybridized carbons (Fsp3) is 0.625. The third-order valence-electron chi connectivity index (χ3n) is 3.67. The van der Waals surface area contributed by atoms with Crippen LogP contribution in [0.4, 0.5) is 0 Å². The number of hydrogen-bond donors (Lipinski definition) is 1. The standard InChI is InChI=1S/C16H26N2O/c1-13-5-6-14(2)16(11-13)19-10-4-8-18-9-7-17-15(3)12-18/h5-6,11,15,17H,4,7-10,12H2,1-3H3. The van der Waals surface area contributed by atoms with Crippen LogP contribution in [-0.4, -0.2) is 43.7 Å². The molecule has 0 radical (unpaired) electrons. The first kappa shape index (κ1) is 14.4. The van der Waals surface area contributed by atoms with Gasteiger partial charge in [-0.05, 0) is 44.4 Å². The van der Waals surface area contributed by atoms with E-state index in [2.05, 4.69) is 49.2 Å². The predicted octanol–water partition coefficient (Wildman–Crippen LogP) is 2.37. The minimum atomic E-state index is 0.619. The van der Waals surface area contributed by atoms with Crippen molar-refractivity contribution in [1.82, 2.24) is 10.2 Å². The molecule has 0 saturated carbocycles. The molecule has 19 heavy (non-hydrogen) atoms. The lowest BCUT2D eigenvalue weighted by Crippen LogP contribution is -2.49. The molecule has 1 aliphatic heterocycles. The van der Waals surface area contributed by atoms with Gasteiger partial charge in [0.15, 0.2) is 0 Å². The van der Waals surface area contributed by atoms with E-state index in [1.54, 1.807) is 0 Å². The normalized spacial score (nSPS) is 20.5. The summed E-state index contributed by atoms with van der Waals surface area (Å²) in [5.41, 5.74) is 2.48. The second kappa shape index (κ2) is 6.92. The van der Waals surface area contributed by atoms with Crippen molar-refractivity contribution in [1.29, 1.82) is 0 Å². The van der Waals surface area contributed by atoms with E-state index < -0.39 is 0 Å². The Hall–Kier alpha value is -1.06. The molecule has 1 unspecified atom stereocenters. The molecular formula is C16H26N2O. The number of nitrogens with one attached hydrogen (secondary N) is 1. The monoisotopic (exact) mass is 262 g/mol. The van der Waals surface area contributed by atoms with Gasteiger partial charge >= 0.3 is 0 Å². The van der Waals surface area contributed by atoms with Gasteiger partial charge in [-0.25, -0.2) is 0 Å². The van der Waals surface area contributed by atoms with Gasteiger partial charge in [0.25, 0.3) is 0 Å². The van der Waals surface area contributed by atoms with Gasteiger partial charge in [0.1, 0.15) is 5.75 Å². The molecule has 1 N–H and O–H groups in total. The topological polar surface area (TPSA) is 24.5 Å². The van der Waals surface area contributed by atoms with E-state index in [1.165, 1.54) is 11.1 Å². The second-order valence-corrected chi connectivity index (χ2v) is 5.63. The second-order valence-electron chi connectivity index (χ2n) is 5.63. The zero-order valence-electron chi connectivity index (χ0n) is 12.4. The molecule has 1 aromatic rings. The number of aryl methyl sites for hydroxylation is 2. The van der Waals surface area contributed by atoms with E-state index in [0.29, 0.717) is 6.04 Å². The van der Waals surface area contributed by atoms with Crippen LogP contribution < -0.4 is 10.1 Å². The zero-order valence-corrected chi connectivity index (χ0v) is 12.4. The van der Waals surface area contributed by atoms with Crippen LogP contribution in [0.1, 0.15) is 24.5 Å². The maximum atomic E-state index is 5.89. The lowest BCUT2D eigenvalue weighted by Gasteiger charge is -2.31. The average molecular weight is 262 g/mol. The number of benzene rings is 1. The average Bonchev–Trinajstić information content (AvgIpc) is 2.39. The summed E-state index contributed by atoms with van der Waals surface area (Å²) in [6.07, 6.45) is 1.10. The number of piperazine rings is 1. The Morgan fingerprint density at radius 1 is 1.37 bits per heavy atom. The van der Waals surface area contributed by atoms with E-state index >= 15 is 0 Å².